The van der Waals surface area contributed by atoms with Crippen molar-refractivity contribution in [3.63, 3.8) is 0 Å². The molecule has 0 radical (unpaired) electrons. The first-order valence-corrected chi connectivity index (χ1v) is 7.93. The number of amides is 1. The monoisotopic (exact) mass is 263 g/mol. The maximum Gasteiger partial charge on any atom is 0.232 e. The molecule has 1 aromatic carbocycles. The Balaban J connectivity index is 2.04. The molecule has 1 fully saturated rings. The Labute approximate surface area is 114 Å². The molecule has 0 spiro atoms. The van der Waals surface area contributed by atoms with Crippen LogP contribution in [-0.4, -0.2) is 35.9 Å². The molecule has 0 aliphatic carbocycles. The number of benzene rings is 1. The van der Waals surface area contributed by atoms with E-state index in [0.717, 1.165) is 19.5 Å². The predicted molar refractivity (Wildman–Crippen MR) is 78.1 cm³/mol. The van der Waals surface area contributed by atoms with Crippen molar-refractivity contribution in [1.82, 2.24) is 4.90 Å². The van der Waals surface area contributed by atoms with Crippen LogP contribution in [0.5, 0.6) is 0 Å². The number of hydrogen-bond acceptors (Lipinski definition) is 2. The van der Waals surface area contributed by atoms with Crippen LogP contribution in [0.15, 0.2) is 24.3 Å². The zero-order valence-electron chi connectivity index (χ0n) is 11.2. The Kier molecular flexibility index (Phi) is 4.70. The summed E-state index contributed by atoms with van der Waals surface area (Å²) in [5.41, 5.74) is 2.69. The fourth-order valence-electron chi connectivity index (χ4n) is 2.61. The molecule has 1 aromatic rings. The van der Waals surface area contributed by atoms with Crippen molar-refractivity contribution in [3.8, 4) is 0 Å². The molecule has 0 bridgehead atoms. The van der Waals surface area contributed by atoms with Gasteiger partial charge in [0.25, 0.3) is 0 Å². The summed E-state index contributed by atoms with van der Waals surface area (Å²) >= 11 is 1.61. The molecule has 2 nitrogen and oxygen atoms in total. The van der Waals surface area contributed by atoms with Gasteiger partial charge < -0.3 is 4.90 Å². The number of hydrogen-bond donors (Lipinski definition) is 0. The molecule has 1 aliphatic heterocycles. The van der Waals surface area contributed by atoms with E-state index in [1.54, 1.807) is 11.8 Å². The smallest absolute Gasteiger partial charge is 0.232 e. The summed E-state index contributed by atoms with van der Waals surface area (Å²) in [6.07, 6.45) is 4.31. The van der Waals surface area contributed by atoms with Crippen molar-refractivity contribution in [1.29, 1.82) is 0 Å². The molecule has 1 amide bonds. The van der Waals surface area contributed by atoms with E-state index in [1.165, 1.54) is 17.5 Å². The minimum absolute atomic E-state index is 0.292. The summed E-state index contributed by atoms with van der Waals surface area (Å²) < 4.78 is 0. The number of carbonyl (C=O) groups excluding carboxylic acids is 1. The van der Waals surface area contributed by atoms with E-state index >= 15 is 0 Å². The Hall–Kier alpha value is -0.960. The highest BCUT2D eigenvalue weighted by Gasteiger charge is 2.24. The second-order valence-electron chi connectivity index (χ2n) is 5.03. The van der Waals surface area contributed by atoms with Gasteiger partial charge in [0.15, 0.2) is 0 Å². The highest BCUT2D eigenvalue weighted by atomic mass is 32.2. The first kappa shape index (κ1) is 13.5. The summed E-state index contributed by atoms with van der Waals surface area (Å²) in [6, 6.07) is 8.70. The van der Waals surface area contributed by atoms with Crippen molar-refractivity contribution < 1.29 is 4.79 Å². The Morgan fingerprint density at radius 1 is 1.50 bits per heavy atom. The van der Waals surface area contributed by atoms with Crippen LogP contribution in [0, 0.1) is 6.92 Å². The third-order valence-corrected chi connectivity index (χ3v) is 4.09. The number of rotatable bonds is 3. The van der Waals surface area contributed by atoms with Gasteiger partial charge in [-0.25, -0.2) is 0 Å². The van der Waals surface area contributed by atoms with E-state index in [2.05, 4.69) is 31.2 Å². The van der Waals surface area contributed by atoms with Crippen LogP contribution >= 0.6 is 11.8 Å². The van der Waals surface area contributed by atoms with E-state index in [9.17, 15) is 4.79 Å². The maximum atomic E-state index is 11.9. The third-order valence-electron chi connectivity index (χ3n) is 3.56. The number of likely N-dealkylation sites (tertiary alicyclic amines) is 1. The van der Waals surface area contributed by atoms with E-state index in [4.69, 9.17) is 0 Å². The molecule has 0 saturated carbocycles. The first-order valence-electron chi connectivity index (χ1n) is 6.54. The fourth-order valence-corrected chi connectivity index (χ4v) is 3.04. The lowest BCUT2D eigenvalue weighted by Crippen LogP contribution is -2.40. The van der Waals surface area contributed by atoms with Crippen molar-refractivity contribution >= 4 is 17.7 Å². The zero-order chi connectivity index (χ0) is 13.0. The second kappa shape index (κ2) is 6.28. The number of thioether (sulfide) groups is 1. The summed E-state index contributed by atoms with van der Waals surface area (Å²) in [7, 11) is 0. The van der Waals surface area contributed by atoms with Crippen LogP contribution in [0.1, 0.15) is 29.9 Å². The number of carbonyl (C=O) groups is 1. The average Bonchev–Trinajstić information content (AvgIpc) is 2.39. The van der Waals surface area contributed by atoms with Gasteiger partial charge in [0.05, 0.1) is 5.75 Å². The minimum Gasteiger partial charge on any atom is -0.341 e. The van der Waals surface area contributed by atoms with E-state index in [1.807, 2.05) is 11.2 Å². The molecule has 18 heavy (non-hydrogen) atoms. The summed E-state index contributed by atoms with van der Waals surface area (Å²) in [6.45, 7) is 3.95. The molecule has 98 valence electrons. The number of piperidine rings is 1. The van der Waals surface area contributed by atoms with Crippen molar-refractivity contribution in [2.75, 3.05) is 25.1 Å². The van der Waals surface area contributed by atoms with Crippen LogP contribution < -0.4 is 0 Å². The van der Waals surface area contributed by atoms with Gasteiger partial charge in [-0.1, -0.05) is 29.8 Å². The van der Waals surface area contributed by atoms with E-state index in [0.29, 0.717) is 17.6 Å². The molecule has 0 aromatic heterocycles. The SMILES string of the molecule is CSCC(=O)N1CCC[C@H](c2cccc(C)c2)C1. The Morgan fingerprint density at radius 3 is 3.06 bits per heavy atom. The van der Waals surface area contributed by atoms with E-state index in [-0.39, 0.29) is 0 Å². The minimum atomic E-state index is 0.292. The molecule has 1 saturated heterocycles. The molecular weight excluding hydrogens is 242 g/mol. The summed E-state index contributed by atoms with van der Waals surface area (Å²) in [4.78, 5) is 14.0. The number of nitrogens with zero attached hydrogens (tertiary/aromatic N) is 1. The maximum absolute atomic E-state index is 11.9. The van der Waals surface area contributed by atoms with Gasteiger partial charge in [-0.05, 0) is 31.6 Å². The molecular formula is C15H21NOS. The van der Waals surface area contributed by atoms with Crippen LogP contribution in [0.3, 0.4) is 0 Å². The van der Waals surface area contributed by atoms with Crippen LogP contribution in [-0.2, 0) is 4.79 Å². The lowest BCUT2D eigenvalue weighted by atomic mass is 9.90. The quantitative estimate of drug-likeness (QED) is 0.835. The second-order valence-corrected chi connectivity index (χ2v) is 5.89. The highest BCUT2D eigenvalue weighted by molar-refractivity contribution is 7.99. The molecule has 1 aliphatic rings. The summed E-state index contributed by atoms with van der Waals surface area (Å²) in [5, 5.41) is 0. The topological polar surface area (TPSA) is 20.3 Å². The standard InChI is InChI=1S/C15H21NOS/c1-12-5-3-6-13(9-12)14-7-4-8-16(10-14)15(17)11-18-2/h3,5-6,9,14H,4,7-8,10-11H2,1-2H3/t14-/m0/s1. The Morgan fingerprint density at radius 2 is 2.33 bits per heavy atom. The summed E-state index contributed by atoms with van der Waals surface area (Å²) in [5.74, 6) is 1.42. The van der Waals surface area contributed by atoms with Gasteiger partial charge in [-0.3, -0.25) is 4.79 Å². The van der Waals surface area contributed by atoms with E-state index < -0.39 is 0 Å². The van der Waals surface area contributed by atoms with Gasteiger partial charge in [0.2, 0.25) is 5.91 Å². The predicted octanol–water partition coefficient (Wildman–Crippen LogP) is 3.06. The molecule has 3 heteroatoms. The van der Waals surface area contributed by atoms with Gasteiger partial charge in [0, 0.05) is 19.0 Å². The molecule has 0 N–H and O–H groups in total. The molecule has 1 heterocycles. The van der Waals surface area contributed by atoms with Crippen LogP contribution in [0.2, 0.25) is 0 Å². The van der Waals surface area contributed by atoms with Crippen LogP contribution in [0.4, 0.5) is 0 Å². The van der Waals surface area contributed by atoms with Gasteiger partial charge in [-0.15, -0.1) is 0 Å². The number of aryl methyl sites for hydroxylation is 1. The van der Waals surface area contributed by atoms with Crippen molar-refractivity contribution in [2.24, 2.45) is 0 Å². The lowest BCUT2D eigenvalue weighted by molar-refractivity contribution is -0.129. The van der Waals surface area contributed by atoms with Crippen molar-refractivity contribution in [2.45, 2.75) is 25.7 Å². The largest absolute Gasteiger partial charge is 0.341 e. The molecule has 0 unspecified atom stereocenters. The zero-order valence-corrected chi connectivity index (χ0v) is 12.0. The van der Waals surface area contributed by atoms with Gasteiger partial charge in [-0.2, -0.15) is 11.8 Å². The van der Waals surface area contributed by atoms with Gasteiger partial charge in [0.1, 0.15) is 0 Å². The molecule has 2 rings (SSSR count). The van der Waals surface area contributed by atoms with Gasteiger partial charge >= 0.3 is 0 Å². The Bertz CT molecular complexity index is 419. The highest BCUT2D eigenvalue weighted by Crippen LogP contribution is 2.27. The third kappa shape index (κ3) is 3.29. The normalized spacial score (nSPS) is 19.9. The fraction of sp³-hybridized carbons (Fsp3) is 0.533. The van der Waals surface area contributed by atoms with Crippen molar-refractivity contribution in [3.05, 3.63) is 35.4 Å². The molecule has 1 atom stereocenters. The first-order chi connectivity index (χ1) is 8.70. The van der Waals surface area contributed by atoms with Crippen LogP contribution in [0.25, 0.3) is 0 Å². The lowest BCUT2D eigenvalue weighted by Gasteiger charge is -2.33. The average molecular weight is 263 g/mol.